The fourth-order valence-electron chi connectivity index (χ4n) is 4.83. The van der Waals surface area contributed by atoms with Gasteiger partial charge in [-0.1, -0.05) is 18.2 Å². The lowest BCUT2D eigenvalue weighted by atomic mass is 9.76. The van der Waals surface area contributed by atoms with Crippen LogP contribution in [0.3, 0.4) is 0 Å². The second-order valence-electron chi connectivity index (χ2n) is 8.06. The summed E-state index contributed by atoms with van der Waals surface area (Å²) in [6, 6.07) is 7.36. The lowest BCUT2D eigenvalue weighted by Gasteiger charge is -2.41. The molecule has 1 unspecified atom stereocenters. The molecule has 1 fully saturated rings. The Morgan fingerprint density at radius 2 is 1.87 bits per heavy atom. The normalized spacial score (nSPS) is 24.4. The average Bonchev–Trinajstić information content (AvgIpc) is 3.14. The number of fused-ring (bicyclic) bond motifs is 3. The molecule has 162 valence electrons. The summed E-state index contributed by atoms with van der Waals surface area (Å²) in [5, 5.41) is 4.41. The number of nitrogens with one attached hydrogen (secondary N) is 2. The van der Waals surface area contributed by atoms with Crippen molar-refractivity contribution in [2.75, 3.05) is 26.4 Å². The average molecular weight is 415 g/mol. The maximum Gasteiger partial charge on any atom is 0.332 e. The Morgan fingerprint density at radius 3 is 2.60 bits per heavy atom. The Balaban J connectivity index is 1.84. The van der Waals surface area contributed by atoms with Gasteiger partial charge in [0.25, 0.3) is 0 Å². The van der Waals surface area contributed by atoms with Crippen LogP contribution in [0.4, 0.5) is 0 Å². The number of ether oxygens (including phenoxy) is 3. The van der Waals surface area contributed by atoms with Crippen LogP contribution < -0.4 is 5.32 Å². The molecule has 2 aliphatic heterocycles. The van der Waals surface area contributed by atoms with Crippen molar-refractivity contribution in [1.82, 2.24) is 10.3 Å². The van der Waals surface area contributed by atoms with Gasteiger partial charge in [-0.3, -0.25) is 10.1 Å². The van der Waals surface area contributed by atoms with E-state index in [0.29, 0.717) is 32.7 Å². The van der Waals surface area contributed by atoms with Crippen LogP contribution in [0, 0.1) is 5.92 Å². The maximum absolute atomic E-state index is 13.5. The summed E-state index contributed by atoms with van der Waals surface area (Å²) < 4.78 is 16.4. The summed E-state index contributed by atoms with van der Waals surface area (Å²) >= 11 is 0. The molecule has 2 aromatic rings. The zero-order valence-corrected chi connectivity index (χ0v) is 17.7. The van der Waals surface area contributed by atoms with Crippen molar-refractivity contribution in [2.45, 2.75) is 51.1 Å². The monoisotopic (exact) mass is 414 g/mol. The fourth-order valence-corrected chi connectivity index (χ4v) is 4.83. The third-order valence-electron chi connectivity index (χ3n) is 6.20. The SMILES string of the molecule is CCOC(=O)[C@@H]1Cc2c([nH]c3ccccc23)C(CC2CCOCC2)(C(=O)OCC)N1. The first-order chi connectivity index (χ1) is 14.6. The van der Waals surface area contributed by atoms with Crippen molar-refractivity contribution >= 4 is 22.8 Å². The Morgan fingerprint density at radius 1 is 1.13 bits per heavy atom. The molecule has 0 spiro atoms. The van der Waals surface area contributed by atoms with Crippen molar-refractivity contribution in [1.29, 1.82) is 0 Å². The first-order valence-corrected chi connectivity index (χ1v) is 10.9. The number of hydrogen-bond donors (Lipinski definition) is 2. The van der Waals surface area contributed by atoms with Crippen LogP contribution in [0.2, 0.25) is 0 Å². The van der Waals surface area contributed by atoms with Crippen molar-refractivity contribution < 1.29 is 23.8 Å². The largest absolute Gasteiger partial charge is 0.465 e. The number of H-pyrrole nitrogens is 1. The summed E-state index contributed by atoms with van der Waals surface area (Å²) in [6.45, 7) is 5.53. The first kappa shape index (κ1) is 20.9. The minimum Gasteiger partial charge on any atom is -0.465 e. The standard InChI is InChI=1S/C23H30N2O5/c1-3-29-21(26)19-13-17-16-7-5-6-8-18(16)24-20(17)23(25-19,22(27)30-4-2)14-15-9-11-28-12-10-15/h5-8,15,19,24-25H,3-4,9-14H2,1-2H3/t19-,23?/m0/s1. The quantitative estimate of drug-likeness (QED) is 0.707. The summed E-state index contributed by atoms with van der Waals surface area (Å²) in [7, 11) is 0. The number of carbonyl (C=O) groups excluding carboxylic acids is 2. The summed E-state index contributed by atoms with van der Waals surface area (Å²) in [5.74, 6) is -0.400. The van der Waals surface area contributed by atoms with E-state index >= 15 is 0 Å². The molecule has 0 aliphatic carbocycles. The van der Waals surface area contributed by atoms with Crippen molar-refractivity contribution in [2.24, 2.45) is 5.92 Å². The highest BCUT2D eigenvalue weighted by Crippen LogP contribution is 2.41. The maximum atomic E-state index is 13.5. The Kier molecular flexibility index (Phi) is 6.11. The number of aromatic nitrogens is 1. The first-order valence-electron chi connectivity index (χ1n) is 10.9. The van der Waals surface area contributed by atoms with E-state index in [0.717, 1.165) is 35.0 Å². The van der Waals surface area contributed by atoms with Crippen LogP contribution in [0.1, 0.15) is 44.4 Å². The topological polar surface area (TPSA) is 89.7 Å². The molecule has 7 heteroatoms. The van der Waals surface area contributed by atoms with E-state index in [1.54, 1.807) is 13.8 Å². The van der Waals surface area contributed by atoms with Crippen LogP contribution >= 0.6 is 0 Å². The molecular formula is C23H30N2O5. The van der Waals surface area contributed by atoms with Gasteiger partial charge in [-0.25, -0.2) is 4.79 Å². The second-order valence-corrected chi connectivity index (χ2v) is 8.06. The van der Waals surface area contributed by atoms with Gasteiger partial charge in [0.15, 0.2) is 5.54 Å². The minimum absolute atomic E-state index is 0.273. The van der Waals surface area contributed by atoms with Gasteiger partial charge < -0.3 is 19.2 Å². The molecule has 0 radical (unpaired) electrons. The molecule has 2 N–H and O–H groups in total. The van der Waals surface area contributed by atoms with Gasteiger partial charge in [0.2, 0.25) is 0 Å². The molecular weight excluding hydrogens is 384 g/mol. The number of benzene rings is 1. The summed E-state index contributed by atoms with van der Waals surface area (Å²) in [6.07, 6.45) is 2.77. The molecule has 1 aromatic carbocycles. The smallest absolute Gasteiger partial charge is 0.332 e. The summed E-state index contributed by atoms with van der Waals surface area (Å²) in [4.78, 5) is 29.7. The highest BCUT2D eigenvalue weighted by Gasteiger charge is 2.52. The number of hydrogen-bond acceptors (Lipinski definition) is 6. The second kappa shape index (κ2) is 8.78. The van der Waals surface area contributed by atoms with Crippen molar-refractivity contribution in [3.05, 3.63) is 35.5 Å². The van der Waals surface area contributed by atoms with E-state index in [9.17, 15) is 9.59 Å². The Hall–Kier alpha value is -2.38. The van der Waals surface area contributed by atoms with Crippen LogP contribution in [0.15, 0.2) is 24.3 Å². The lowest BCUT2D eigenvalue weighted by molar-refractivity contribution is -0.157. The van der Waals surface area contributed by atoms with E-state index in [1.165, 1.54) is 0 Å². The number of aromatic amines is 1. The molecule has 1 aromatic heterocycles. The van der Waals surface area contributed by atoms with Gasteiger partial charge in [-0.15, -0.1) is 0 Å². The van der Waals surface area contributed by atoms with E-state index < -0.39 is 11.6 Å². The molecule has 0 bridgehead atoms. The van der Waals surface area contributed by atoms with Gasteiger partial charge >= 0.3 is 11.9 Å². The zero-order chi connectivity index (χ0) is 21.1. The number of carbonyl (C=O) groups is 2. The number of rotatable bonds is 6. The molecule has 30 heavy (non-hydrogen) atoms. The van der Waals surface area contributed by atoms with Crippen LogP contribution in [-0.4, -0.2) is 49.4 Å². The summed E-state index contributed by atoms with van der Waals surface area (Å²) in [5.41, 5.74) is 1.63. The predicted molar refractivity (Wildman–Crippen MR) is 112 cm³/mol. The predicted octanol–water partition coefficient (Wildman–Crippen LogP) is 2.82. The minimum atomic E-state index is -1.12. The van der Waals surface area contributed by atoms with Gasteiger partial charge in [-0.05, 0) is 50.7 Å². The lowest BCUT2D eigenvalue weighted by Crippen LogP contribution is -2.61. The van der Waals surface area contributed by atoms with Gasteiger partial charge in [-0.2, -0.15) is 0 Å². The molecule has 4 rings (SSSR count). The third kappa shape index (κ3) is 3.72. The van der Waals surface area contributed by atoms with E-state index in [-0.39, 0.29) is 24.5 Å². The molecule has 0 amide bonds. The number of para-hydroxylation sites is 1. The van der Waals surface area contributed by atoms with Gasteiger partial charge in [0.05, 0.1) is 18.9 Å². The van der Waals surface area contributed by atoms with Crippen molar-refractivity contribution in [3.8, 4) is 0 Å². The van der Waals surface area contributed by atoms with E-state index in [4.69, 9.17) is 14.2 Å². The van der Waals surface area contributed by atoms with E-state index in [1.807, 2.05) is 24.3 Å². The third-order valence-corrected chi connectivity index (χ3v) is 6.20. The molecule has 0 saturated carbocycles. The Labute approximate surface area is 176 Å². The number of esters is 2. The van der Waals surface area contributed by atoms with Crippen LogP contribution in [0.25, 0.3) is 10.9 Å². The van der Waals surface area contributed by atoms with Gasteiger partial charge in [0.1, 0.15) is 6.04 Å². The molecule has 2 atom stereocenters. The van der Waals surface area contributed by atoms with Crippen LogP contribution in [-0.2, 0) is 35.8 Å². The zero-order valence-electron chi connectivity index (χ0n) is 17.7. The van der Waals surface area contributed by atoms with Crippen molar-refractivity contribution in [3.63, 3.8) is 0 Å². The highest BCUT2D eigenvalue weighted by molar-refractivity contribution is 5.93. The molecule has 1 saturated heterocycles. The fraction of sp³-hybridized carbons (Fsp3) is 0.565. The highest BCUT2D eigenvalue weighted by atomic mass is 16.5. The molecule has 3 heterocycles. The Bertz CT molecular complexity index is 917. The van der Waals surface area contributed by atoms with Gasteiger partial charge in [0, 0.05) is 30.5 Å². The molecule has 7 nitrogen and oxygen atoms in total. The van der Waals surface area contributed by atoms with Crippen LogP contribution in [0.5, 0.6) is 0 Å². The van der Waals surface area contributed by atoms with E-state index in [2.05, 4.69) is 10.3 Å². The molecule has 2 aliphatic rings.